The third-order valence-corrected chi connectivity index (χ3v) is 4.10. The summed E-state index contributed by atoms with van der Waals surface area (Å²) in [6.45, 7) is 0. The maximum Gasteiger partial charge on any atom is 0.345 e. The molecular formula is C19H15BrO3. The Labute approximate surface area is 142 Å². The largest absolute Gasteiger partial charge is 0.478 e. The van der Waals surface area contributed by atoms with Crippen LogP contribution < -0.4 is 4.74 Å². The quantitative estimate of drug-likeness (QED) is 0.709. The molecule has 0 heterocycles. The first-order valence-electron chi connectivity index (χ1n) is 7.25. The molecule has 0 aliphatic heterocycles. The van der Waals surface area contributed by atoms with E-state index in [1.807, 2.05) is 60.7 Å². The number of rotatable bonds is 5. The first-order valence-corrected chi connectivity index (χ1v) is 8.04. The predicted molar refractivity (Wildman–Crippen MR) is 93.8 cm³/mol. The highest BCUT2D eigenvalue weighted by Gasteiger charge is 2.21. The van der Waals surface area contributed by atoms with Gasteiger partial charge in [-0.15, -0.1) is 0 Å². The Bertz CT molecular complexity index is 839. The number of carboxylic acid groups (broad SMARTS) is 1. The summed E-state index contributed by atoms with van der Waals surface area (Å²) >= 11 is 3.40. The first kappa shape index (κ1) is 15.6. The molecule has 3 nitrogen and oxygen atoms in total. The molecule has 0 aliphatic rings. The van der Waals surface area contributed by atoms with Crippen LogP contribution in [0.2, 0.25) is 0 Å². The van der Waals surface area contributed by atoms with E-state index < -0.39 is 12.1 Å². The average molecular weight is 371 g/mol. The van der Waals surface area contributed by atoms with Crippen LogP contribution in [0.5, 0.6) is 5.75 Å². The van der Waals surface area contributed by atoms with Crippen molar-refractivity contribution in [2.24, 2.45) is 0 Å². The zero-order valence-corrected chi connectivity index (χ0v) is 13.9. The molecule has 3 aromatic carbocycles. The van der Waals surface area contributed by atoms with Gasteiger partial charge in [-0.1, -0.05) is 64.5 Å². The lowest BCUT2D eigenvalue weighted by molar-refractivity contribution is -0.144. The van der Waals surface area contributed by atoms with Crippen LogP contribution in [-0.4, -0.2) is 17.2 Å². The molecule has 23 heavy (non-hydrogen) atoms. The van der Waals surface area contributed by atoms with Gasteiger partial charge in [0.05, 0.1) is 0 Å². The van der Waals surface area contributed by atoms with Gasteiger partial charge in [0.1, 0.15) is 5.75 Å². The Morgan fingerprint density at radius 1 is 1.04 bits per heavy atom. The van der Waals surface area contributed by atoms with Crippen molar-refractivity contribution in [3.63, 3.8) is 0 Å². The highest BCUT2D eigenvalue weighted by molar-refractivity contribution is 9.10. The molecule has 4 heteroatoms. The molecule has 0 amide bonds. The minimum absolute atomic E-state index is 0.304. The lowest BCUT2D eigenvalue weighted by Crippen LogP contribution is -2.29. The van der Waals surface area contributed by atoms with Crippen LogP contribution in [0, 0.1) is 0 Å². The number of carboxylic acids is 1. The molecule has 116 valence electrons. The summed E-state index contributed by atoms with van der Waals surface area (Å²) in [5, 5.41) is 11.4. The van der Waals surface area contributed by atoms with Gasteiger partial charge in [0.15, 0.2) is 6.10 Å². The molecule has 3 aromatic rings. The van der Waals surface area contributed by atoms with E-state index in [-0.39, 0.29) is 0 Å². The van der Waals surface area contributed by atoms with E-state index in [1.54, 1.807) is 6.07 Å². The van der Waals surface area contributed by atoms with Crippen LogP contribution >= 0.6 is 15.9 Å². The van der Waals surface area contributed by atoms with Crippen LogP contribution in [0.4, 0.5) is 0 Å². The standard InChI is InChI=1S/C19H15BrO3/c20-15-8-3-5-13(11-15)12-18(19(21)22)23-17-10-4-7-14-6-1-2-9-16(14)17/h1-11,18H,12H2,(H,21,22)/t18-/m1/s1. The van der Waals surface area contributed by atoms with E-state index in [1.165, 1.54) is 0 Å². The van der Waals surface area contributed by atoms with Gasteiger partial charge in [0.2, 0.25) is 0 Å². The Morgan fingerprint density at radius 3 is 2.57 bits per heavy atom. The summed E-state index contributed by atoms with van der Waals surface area (Å²) in [4.78, 5) is 11.6. The Kier molecular flexibility index (Phi) is 4.63. The molecule has 3 rings (SSSR count). The smallest absolute Gasteiger partial charge is 0.345 e. The van der Waals surface area contributed by atoms with Crippen molar-refractivity contribution in [2.45, 2.75) is 12.5 Å². The summed E-state index contributed by atoms with van der Waals surface area (Å²) in [6, 6.07) is 21.0. The van der Waals surface area contributed by atoms with E-state index in [4.69, 9.17) is 4.74 Å². The number of benzene rings is 3. The van der Waals surface area contributed by atoms with Crippen molar-refractivity contribution in [3.8, 4) is 5.75 Å². The van der Waals surface area contributed by atoms with Gasteiger partial charge < -0.3 is 9.84 Å². The number of carbonyl (C=O) groups is 1. The van der Waals surface area contributed by atoms with E-state index in [0.29, 0.717) is 12.2 Å². The molecule has 0 aliphatic carbocycles. The lowest BCUT2D eigenvalue weighted by atomic mass is 10.1. The molecule has 0 aromatic heterocycles. The third kappa shape index (κ3) is 3.71. The summed E-state index contributed by atoms with van der Waals surface area (Å²) in [5.41, 5.74) is 0.909. The molecule has 0 radical (unpaired) electrons. The fourth-order valence-corrected chi connectivity index (χ4v) is 2.96. The number of hydrogen-bond donors (Lipinski definition) is 1. The highest BCUT2D eigenvalue weighted by atomic mass is 79.9. The highest BCUT2D eigenvalue weighted by Crippen LogP contribution is 2.27. The second-order valence-corrected chi connectivity index (χ2v) is 6.17. The van der Waals surface area contributed by atoms with Crippen LogP contribution in [-0.2, 0) is 11.2 Å². The molecule has 0 fully saturated rings. The van der Waals surface area contributed by atoms with Gasteiger partial charge in [0, 0.05) is 16.3 Å². The first-order chi connectivity index (χ1) is 11.1. The molecular weight excluding hydrogens is 356 g/mol. The van der Waals surface area contributed by atoms with Crippen LogP contribution in [0.1, 0.15) is 5.56 Å². The van der Waals surface area contributed by atoms with Gasteiger partial charge in [-0.25, -0.2) is 4.79 Å². The molecule has 1 N–H and O–H groups in total. The van der Waals surface area contributed by atoms with Crippen molar-refractivity contribution in [2.75, 3.05) is 0 Å². The van der Waals surface area contributed by atoms with Gasteiger partial charge in [-0.2, -0.15) is 0 Å². The molecule has 0 saturated carbocycles. The summed E-state index contributed by atoms with van der Waals surface area (Å²) in [7, 11) is 0. The fourth-order valence-electron chi connectivity index (χ4n) is 2.51. The number of ether oxygens (including phenoxy) is 1. The van der Waals surface area contributed by atoms with E-state index in [9.17, 15) is 9.90 Å². The van der Waals surface area contributed by atoms with Crippen molar-refractivity contribution >= 4 is 32.7 Å². The summed E-state index contributed by atoms with van der Waals surface area (Å²) in [5.74, 6) is -0.386. The number of fused-ring (bicyclic) bond motifs is 1. The van der Waals surface area contributed by atoms with E-state index in [2.05, 4.69) is 15.9 Å². The van der Waals surface area contributed by atoms with Crippen LogP contribution in [0.15, 0.2) is 71.2 Å². The molecule has 0 bridgehead atoms. The fraction of sp³-hybridized carbons (Fsp3) is 0.105. The molecule has 0 saturated heterocycles. The van der Waals surface area contributed by atoms with Gasteiger partial charge in [-0.3, -0.25) is 0 Å². The summed E-state index contributed by atoms with van der Waals surface area (Å²) in [6.07, 6.45) is -0.632. The zero-order valence-electron chi connectivity index (χ0n) is 12.3. The van der Waals surface area contributed by atoms with Gasteiger partial charge in [-0.05, 0) is 29.1 Å². The maximum absolute atomic E-state index is 11.6. The van der Waals surface area contributed by atoms with Crippen molar-refractivity contribution in [3.05, 3.63) is 76.8 Å². The Hall–Kier alpha value is -2.33. The lowest BCUT2D eigenvalue weighted by Gasteiger charge is -2.17. The predicted octanol–water partition coefficient (Wildman–Crippen LogP) is 4.68. The second-order valence-electron chi connectivity index (χ2n) is 5.26. The maximum atomic E-state index is 11.6. The minimum atomic E-state index is -0.974. The van der Waals surface area contributed by atoms with Crippen molar-refractivity contribution in [1.82, 2.24) is 0 Å². The molecule has 1 atom stereocenters. The van der Waals surface area contributed by atoms with Crippen molar-refractivity contribution < 1.29 is 14.6 Å². The van der Waals surface area contributed by atoms with E-state index in [0.717, 1.165) is 20.8 Å². The Balaban J connectivity index is 1.88. The Morgan fingerprint density at radius 2 is 1.78 bits per heavy atom. The minimum Gasteiger partial charge on any atom is -0.478 e. The van der Waals surface area contributed by atoms with Crippen LogP contribution in [0.25, 0.3) is 10.8 Å². The van der Waals surface area contributed by atoms with Gasteiger partial charge in [0.25, 0.3) is 0 Å². The number of hydrogen-bond acceptors (Lipinski definition) is 2. The SMILES string of the molecule is O=C(O)[C@@H](Cc1cccc(Br)c1)Oc1cccc2ccccc12. The normalized spacial score (nSPS) is 12.0. The number of aliphatic carboxylic acids is 1. The van der Waals surface area contributed by atoms with Crippen LogP contribution in [0.3, 0.4) is 0 Å². The average Bonchev–Trinajstić information content (AvgIpc) is 2.54. The topological polar surface area (TPSA) is 46.5 Å². The van der Waals surface area contributed by atoms with Crippen molar-refractivity contribution in [1.29, 1.82) is 0 Å². The number of halogens is 1. The third-order valence-electron chi connectivity index (χ3n) is 3.60. The molecule has 0 unspecified atom stereocenters. The summed E-state index contributed by atoms with van der Waals surface area (Å²) < 4.78 is 6.74. The molecule has 0 spiro atoms. The van der Waals surface area contributed by atoms with Gasteiger partial charge >= 0.3 is 5.97 Å². The monoisotopic (exact) mass is 370 g/mol. The second kappa shape index (κ2) is 6.84. The van der Waals surface area contributed by atoms with E-state index >= 15 is 0 Å². The zero-order chi connectivity index (χ0) is 16.2.